The van der Waals surface area contributed by atoms with Crippen LogP contribution < -0.4 is 14.8 Å². The van der Waals surface area contributed by atoms with Crippen LogP contribution in [0, 0.1) is 6.92 Å². The fourth-order valence-electron chi connectivity index (χ4n) is 6.58. The molecule has 256 valence electrons. The van der Waals surface area contributed by atoms with Gasteiger partial charge in [0.25, 0.3) is 15.9 Å². The fourth-order valence-corrected chi connectivity index (χ4v) is 7.62. The lowest BCUT2D eigenvalue weighted by Crippen LogP contribution is -2.49. The van der Waals surface area contributed by atoms with Crippen LogP contribution in [0.15, 0.2) is 138 Å². The van der Waals surface area contributed by atoms with Gasteiger partial charge in [-0.3, -0.25) is 9.59 Å². The number of amides is 2. The Labute approximate surface area is 296 Å². The van der Waals surface area contributed by atoms with Gasteiger partial charge in [0.2, 0.25) is 5.91 Å². The number of hydrogen-bond donors (Lipinski definition) is 3. The first-order valence-electron chi connectivity index (χ1n) is 16.5. The van der Waals surface area contributed by atoms with Gasteiger partial charge in [0.1, 0.15) is 11.8 Å². The molecule has 0 bridgehead atoms. The average Bonchev–Trinajstić information content (AvgIpc) is 3.69. The molecule has 9 nitrogen and oxygen atoms in total. The van der Waals surface area contributed by atoms with Crippen molar-refractivity contribution in [3.63, 3.8) is 0 Å². The van der Waals surface area contributed by atoms with E-state index in [0.717, 1.165) is 55.4 Å². The van der Waals surface area contributed by atoms with Crippen molar-refractivity contribution in [2.24, 2.45) is 0 Å². The molecule has 1 atom stereocenters. The van der Waals surface area contributed by atoms with Crippen LogP contribution in [0.25, 0.3) is 38.6 Å². The highest BCUT2D eigenvalue weighted by Gasteiger charge is 2.28. The third-order valence-corrected chi connectivity index (χ3v) is 10.5. The SMILES string of the molecule is COc1ccc2c(c1)c(CC(=O)N[C@@H](Cc1c[nH]c3ccccc13)C(=O)NS(=O)(=O)c1ccccc1)c(C)n2-c1ccc(-c2ccccc2)cc1. The van der Waals surface area contributed by atoms with Crippen molar-refractivity contribution in [3.8, 4) is 22.6 Å². The molecule has 2 aromatic heterocycles. The number of carbonyl (C=O) groups is 2. The number of nitrogens with one attached hydrogen (secondary N) is 3. The largest absolute Gasteiger partial charge is 0.497 e. The summed E-state index contributed by atoms with van der Waals surface area (Å²) in [6.07, 6.45) is 1.78. The first kappa shape index (κ1) is 33.4. The zero-order valence-corrected chi connectivity index (χ0v) is 28.9. The Balaban J connectivity index is 1.21. The summed E-state index contributed by atoms with van der Waals surface area (Å²) < 4.78 is 36.2. The van der Waals surface area contributed by atoms with Crippen LogP contribution in [-0.4, -0.2) is 42.9 Å². The average molecular weight is 697 g/mol. The highest BCUT2D eigenvalue weighted by atomic mass is 32.2. The van der Waals surface area contributed by atoms with Crippen molar-refractivity contribution in [1.82, 2.24) is 19.6 Å². The first-order valence-corrected chi connectivity index (χ1v) is 18.0. The number of fused-ring (bicyclic) bond motifs is 2. The summed E-state index contributed by atoms with van der Waals surface area (Å²) in [4.78, 5) is 30.8. The maximum atomic E-state index is 14.0. The molecule has 0 saturated heterocycles. The summed E-state index contributed by atoms with van der Waals surface area (Å²) in [6.45, 7) is 1.96. The van der Waals surface area contributed by atoms with Gasteiger partial charge in [-0.1, -0.05) is 78.9 Å². The zero-order valence-electron chi connectivity index (χ0n) is 28.1. The lowest BCUT2D eigenvalue weighted by molar-refractivity contribution is -0.127. The number of H-pyrrole nitrogens is 1. The van der Waals surface area contributed by atoms with E-state index in [1.807, 2.05) is 67.6 Å². The number of aromatic amines is 1. The van der Waals surface area contributed by atoms with Gasteiger partial charge in [0.05, 0.1) is 23.9 Å². The van der Waals surface area contributed by atoms with Crippen molar-refractivity contribution in [2.45, 2.75) is 30.7 Å². The van der Waals surface area contributed by atoms with Crippen molar-refractivity contribution in [3.05, 3.63) is 150 Å². The molecule has 2 amide bonds. The number of nitrogens with zero attached hydrogens (tertiary/aromatic N) is 1. The fraction of sp³-hybridized carbons (Fsp3) is 0.122. The molecule has 0 radical (unpaired) electrons. The third-order valence-electron chi connectivity index (χ3n) is 9.15. The Morgan fingerprint density at radius 3 is 2.20 bits per heavy atom. The quantitative estimate of drug-likeness (QED) is 0.136. The number of benzene rings is 5. The summed E-state index contributed by atoms with van der Waals surface area (Å²) in [5, 5.41) is 4.57. The van der Waals surface area contributed by atoms with Gasteiger partial charge in [-0.15, -0.1) is 0 Å². The van der Waals surface area contributed by atoms with Gasteiger partial charge in [0.15, 0.2) is 0 Å². The number of hydrogen-bond acceptors (Lipinski definition) is 5. The number of rotatable bonds is 11. The number of sulfonamides is 1. The molecule has 0 aliphatic carbocycles. The summed E-state index contributed by atoms with van der Waals surface area (Å²) in [7, 11) is -2.59. The molecule has 7 rings (SSSR count). The monoisotopic (exact) mass is 696 g/mol. The molecular formula is C41H36N4O5S. The maximum absolute atomic E-state index is 14.0. The topological polar surface area (TPSA) is 122 Å². The van der Waals surface area contributed by atoms with Crippen molar-refractivity contribution in [1.29, 1.82) is 0 Å². The van der Waals surface area contributed by atoms with Crippen LogP contribution in [0.5, 0.6) is 5.75 Å². The number of methoxy groups -OCH3 is 1. The molecule has 0 fully saturated rings. The van der Waals surface area contributed by atoms with E-state index in [2.05, 4.69) is 56.0 Å². The molecule has 0 aliphatic rings. The molecule has 2 heterocycles. The second-order valence-corrected chi connectivity index (χ2v) is 14.0. The van der Waals surface area contributed by atoms with Crippen molar-refractivity contribution < 1.29 is 22.7 Å². The Kier molecular flexibility index (Phi) is 9.16. The normalized spacial score (nSPS) is 12.1. The second-order valence-electron chi connectivity index (χ2n) is 12.3. The first-order chi connectivity index (χ1) is 24.7. The zero-order chi connectivity index (χ0) is 35.5. The predicted octanol–water partition coefficient (Wildman–Crippen LogP) is 6.87. The Morgan fingerprint density at radius 1 is 0.804 bits per heavy atom. The van der Waals surface area contributed by atoms with E-state index >= 15 is 0 Å². The van der Waals surface area contributed by atoms with Crippen LogP contribution in [0.4, 0.5) is 0 Å². The van der Waals surface area contributed by atoms with Gasteiger partial charge >= 0.3 is 0 Å². The minimum atomic E-state index is -4.19. The van der Waals surface area contributed by atoms with E-state index in [1.165, 1.54) is 12.1 Å². The maximum Gasteiger partial charge on any atom is 0.264 e. The van der Waals surface area contributed by atoms with E-state index < -0.39 is 27.9 Å². The second kappa shape index (κ2) is 14.0. The molecule has 7 aromatic rings. The van der Waals surface area contributed by atoms with Crippen LogP contribution >= 0.6 is 0 Å². The van der Waals surface area contributed by atoms with E-state index in [1.54, 1.807) is 31.5 Å². The lowest BCUT2D eigenvalue weighted by Gasteiger charge is -2.19. The highest BCUT2D eigenvalue weighted by molar-refractivity contribution is 7.90. The van der Waals surface area contributed by atoms with Gasteiger partial charge in [-0.25, -0.2) is 13.1 Å². The minimum absolute atomic E-state index is 0.0512. The molecule has 0 unspecified atom stereocenters. The molecular weight excluding hydrogens is 661 g/mol. The summed E-state index contributed by atoms with van der Waals surface area (Å²) in [5.74, 6) is -0.628. The van der Waals surface area contributed by atoms with E-state index in [4.69, 9.17) is 4.74 Å². The number of ether oxygens (including phenoxy) is 1. The molecule has 5 aromatic carbocycles. The van der Waals surface area contributed by atoms with Crippen molar-refractivity contribution >= 4 is 43.6 Å². The lowest BCUT2D eigenvalue weighted by atomic mass is 10.0. The molecule has 0 saturated carbocycles. The number of carbonyl (C=O) groups excluding carboxylic acids is 2. The Bertz CT molecular complexity index is 2470. The number of aromatic nitrogens is 2. The van der Waals surface area contributed by atoms with Crippen molar-refractivity contribution in [2.75, 3.05) is 7.11 Å². The van der Waals surface area contributed by atoms with E-state index in [9.17, 15) is 18.0 Å². The van der Waals surface area contributed by atoms with Crippen LogP contribution in [-0.2, 0) is 32.5 Å². The molecule has 10 heteroatoms. The van der Waals surface area contributed by atoms with Gasteiger partial charge in [-0.2, -0.15) is 0 Å². The Hall–Kier alpha value is -6.13. The smallest absolute Gasteiger partial charge is 0.264 e. The van der Waals surface area contributed by atoms with Gasteiger partial charge in [0, 0.05) is 40.3 Å². The van der Waals surface area contributed by atoms with E-state index in [0.29, 0.717) is 5.75 Å². The Morgan fingerprint density at radius 2 is 1.47 bits per heavy atom. The molecule has 0 spiro atoms. The standard InChI is InChI=1S/C41H36N4O5S/c1-27-35(36-24-32(50-2)21-22-39(36)45(27)31-19-17-29(18-20-31)28-11-5-3-6-12-28)25-40(46)43-38(23-30-26-42-37-16-10-9-15-34(30)37)41(47)44-51(48,49)33-13-7-4-8-14-33/h3-22,24,26,38,42H,23,25H2,1-2H3,(H,43,46)(H,44,47)/t38-/m0/s1. The molecule has 3 N–H and O–H groups in total. The molecule has 51 heavy (non-hydrogen) atoms. The summed E-state index contributed by atoms with van der Waals surface area (Å²) in [6, 6.07) is 38.2. The predicted molar refractivity (Wildman–Crippen MR) is 199 cm³/mol. The number of para-hydroxylation sites is 1. The van der Waals surface area contributed by atoms with Crippen LogP contribution in [0.3, 0.4) is 0 Å². The van der Waals surface area contributed by atoms with E-state index in [-0.39, 0.29) is 17.7 Å². The summed E-state index contributed by atoms with van der Waals surface area (Å²) in [5.41, 5.74) is 7.26. The van der Waals surface area contributed by atoms with Crippen LogP contribution in [0.1, 0.15) is 16.8 Å². The highest BCUT2D eigenvalue weighted by Crippen LogP contribution is 2.33. The summed E-state index contributed by atoms with van der Waals surface area (Å²) >= 11 is 0. The van der Waals surface area contributed by atoms with Gasteiger partial charge in [-0.05, 0) is 77.7 Å². The third kappa shape index (κ3) is 6.86. The van der Waals surface area contributed by atoms with Gasteiger partial charge < -0.3 is 19.6 Å². The minimum Gasteiger partial charge on any atom is -0.497 e. The molecule has 0 aliphatic heterocycles. The van der Waals surface area contributed by atoms with Crippen LogP contribution in [0.2, 0.25) is 0 Å².